The molecule has 3 aromatic rings. The van der Waals surface area contributed by atoms with Gasteiger partial charge in [-0.3, -0.25) is 10.1 Å². The van der Waals surface area contributed by atoms with E-state index in [0.717, 1.165) is 36.4 Å². The molecule has 152 valence electrons. The number of benzene rings is 2. The Balaban J connectivity index is 1.79. The van der Waals surface area contributed by atoms with Crippen LogP contribution >= 0.6 is 0 Å². The first-order valence-corrected chi connectivity index (χ1v) is 9.53. The van der Waals surface area contributed by atoms with E-state index >= 15 is 0 Å². The van der Waals surface area contributed by atoms with Gasteiger partial charge in [-0.1, -0.05) is 0 Å². The third kappa shape index (κ3) is 3.35. The van der Waals surface area contributed by atoms with Gasteiger partial charge in [-0.2, -0.15) is 5.26 Å². The van der Waals surface area contributed by atoms with E-state index in [1.54, 1.807) is 26.4 Å². The summed E-state index contributed by atoms with van der Waals surface area (Å²) in [7, 11) is 3.25. The summed E-state index contributed by atoms with van der Waals surface area (Å²) >= 11 is 0. The molecule has 0 spiro atoms. The van der Waals surface area contributed by atoms with Gasteiger partial charge < -0.3 is 14.4 Å². The van der Waals surface area contributed by atoms with Gasteiger partial charge in [0.05, 0.1) is 42.3 Å². The highest BCUT2D eigenvalue weighted by Gasteiger charge is 2.30. The van der Waals surface area contributed by atoms with Gasteiger partial charge >= 0.3 is 0 Å². The van der Waals surface area contributed by atoms with Gasteiger partial charge in [0.15, 0.2) is 0 Å². The average Bonchev–Trinajstić information content (AvgIpc) is 3.27. The zero-order valence-corrected chi connectivity index (χ0v) is 16.7. The number of aromatic nitrogens is 1. The maximum absolute atomic E-state index is 11.1. The van der Waals surface area contributed by atoms with E-state index in [9.17, 15) is 15.4 Å². The monoisotopic (exact) mass is 404 g/mol. The lowest BCUT2D eigenvalue weighted by atomic mass is 10.0. The molecule has 4 rings (SSSR count). The molecule has 1 saturated heterocycles. The second kappa shape index (κ2) is 7.87. The summed E-state index contributed by atoms with van der Waals surface area (Å²) in [5, 5.41) is 21.2. The Morgan fingerprint density at radius 1 is 1.20 bits per heavy atom. The van der Waals surface area contributed by atoms with E-state index in [2.05, 4.69) is 11.0 Å². The van der Waals surface area contributed by atoms with Crippen LogP contribution in [0.1, 0.15) is 30.0 Å². The molecule has 8 heteroatoms. The smallest absolute Gasteiger partial charge is 0.270 e. The Morgan fingerprint density at radius 3 is 2.73 bits per heavy atom. The van der Waals surface area contributed by atoms with Crippen LogP contribution in [0, 0.1) is 21.4 Å². The molecule has 1 fully saturated rings. The van der Waals surface area contributed by atoms with Gasteiger partial charge in [0.25, 0.3) is 5.69 Å². The van der Waals surface area contributed by atoms with E-state index in [1.165, 1.54) is 12.1 Å². The Bertz CT molecular complexity index is 1170. The fraction of sp³-hybridized carbons (Fsp3) is 0.273. The van der Waals surface area contributed by atoms with Gasteiger partial charge in [0, 0.05) is 35.7 Å². The number of non-ortho nitro benzene ring substituents is 1. The minimum atomic E-state index is -0.471. The van der Waals surface area contributed by atoms with Gasteiger partial charge in [0.1, 0.15) is 17.3 Å². The third-order valence-corrected chi connectivity index (χ3v) is 5.46. The molecule has 1 unspecified atom stereocenters. The zero-order chi connectivity index (χ0) is 21.3. The number of nitriles is 1. The number of nitro groups is 1. The van der Waals surface area contributed by atoms with Crippen molar-refractivity contribution in [1.29, 1.82) is 5.26 Å². The number of hydrogen-bond donors (Lipinski definition) is 0. The fourth-order valence-electron chi connectivity index (χ4n) is 4.01. The van der Waals surface area contributed by atoms with Crippen LogP contribution in [0.2, 0.25) is 0 Å². The highest BCUT2D eigenvalue weighted by Crippen LogP contribution is 2.41. The molecule has 1 aromatic heterocycles. The summed E-state index contributed by atoms with van der Waals surface area (Å²) in [6.45, 7) is 0.788. The number of nitro benzene ring substituents is 1. The van der Waals surface area contributed by atoms with Gasteiger partial charge in [-0.25, -0.2) is 4.98 Å². The molecule has 0 radical (unpaired) electrons. The Morgan fingerprint density at radius 2 is 2.03 bits per heavy atom. The summed E-state index contributed by atoms with van der Waals surface area (Å²) in [6.07, 6.45) is 1.90. The van der Waals surface area contributed by atoms with Crippen LogP contribution in [0.4, 0.5) is 11.5 Å². The van der Waals surface area contributed by atoms with Crippen molar-refractivity contribution in [3.05, 3.63) is 63.7 Å². The van der Waals surface area contributed by atoms with E-state index in [-0.39, 0.29) is 11.7 Å². The van der Waals surface area contributed by atoms with Crippen molar-refractivity contribution in [3.63, 3.8) is 0 Å². The zero-order valence-electron chi connectivity index (χ0n) is 16.7. The molecule has 1 atom stereocenters. The predicted molar refractivity (Wildman–Crippen MR) is 112 cm³/mol. The molecule has 0 N–H and O–H groups in total. The maximum Gasteiger partial charge on any atom is 0.270 e. The maximum atomic E-state index is 11.1. The van der Waals surface area contributed by atoms with Crippen molar-refractivity contribution in [3.8, 4) is 17.6 Å². The highest BCUT2D eigenvalue weighted by atomic mass is 16.6. The summed E-state index contributed by atoms with van der Waals surface area (Å²) in [5.41, 5.74) is 1.89. The SMILES string of the molecule is COc1ccc(C2CCCN2c2cc(C#N)c3cc([N+](=O)[O-])ccc3n2)c(OC)c1. The second-order valence-electron chi connectivity index (χ2n) is 7.06. The van der Waals surface area contributed by atoms with E-state index in [0.29, 0.717) is 22.3 Å². The highest BCUT2D eigenvalue weighted by molar-refractivity contribution is 5.88. The normalized spacial score (nSPS) is 15.8. The number of nitrogens with zero attached hydrogens (tertiary/aromatic N) is 4. The molecule has 2 heterocycles. The molecule has 0 bridgehead atoms. The van der Waals surface area contributed by atoms with Crippen LogP contribution in [-0.4, -0.2) is 30.7 Å². The van der Waals surface area contributed by atoms with Crippen LogP contribution in [0.5, 0.6) is 11.5 Å². The standard InChI is InChI=1S/C22H20N4O4/c1-29-16-6-7-17(21(12-16)30-2)20-4-3-9-25(20)22-10-14(13-23)18-11-15(26(27)28)5-8-19(18)24-22/h5-8,10-12,20H,3-4,9H2,1-2H3. The molecule has 2 aromatic carbocycles. The summed E-state index contributed by atoms with van der Waals surface area (Å²) in [4.78, 5) is 17.5. The van der Waals surface area contributed by atoms with E-state index in [1.807, 2.05) is 18.2 Å². The van der Waals surface area contributed by atoms with Gasteiger partial charge in [-0.05, 0) is 37.1 Å². The van der Waals surface area contributed by atoms with Crippen LogP contribution in [0.15, 0.2) is 42.5 Å². The fourth-order valence-corrected chi connectivity index (χ4v) is 4.01. The molecule has 8 nitrogen and oxygen atoms in total. The Labute approximate surface area is 173 Å². The minimum Gasteiger partial charge on any atom is -0.497 e. The molecule has 0 aliphatic carbocycles. The predicted octanol–water partition coefficient (Wildman–Crippen LogP) is 4.37. The Kier molecular flexibility index (Phi) is 5.11. The number of ether oxygens (including phenoxy) is 2. The van der Waals surface area contributed by atoms with E-state index < -0.39 is 4.92 Å². The first-order chi connectivity index (χ1) is 14.5. The van der Waals surface area contributed by atoms with Crippen molar-refractivity contribution in [1.82, 2.24) is 4.98 Å². The number of methoxy groups -OCH3 is 2. The van der Waals surface area contributed by atoms with Crippen molar-refractivity contribution in [2.24, 2.45) is 0 Å². The van der Waals surface area contributed by atoms with Crippen LogP contribution in [0.25, 0.3) is 10.9 Å². The topological polar surface area (TPSA) is 102 Å². The molecular formula is C22H20N4O4. The summed E-state index contributed by atoms with van der Waals surface area (Å²) < 4.78 is 10.9. The van der Waals surface area contributed by atoms with Crippen molar-refractivity contribution < 1.29 is 14.4 Å². The number of fused-ring (bicyclic) bond motifs is 1. The van der Waals surface area contributed by atoms with Crippen molar-refractivity contribution >= 4 is 22.4 Å². The third-order valence-electron chi connectivity index (χ3n) is 5.46. The lowest BCUT2D eigenvalue weighted by Gasteiger charge is -2.28. The minimum absolute atomic E-state index is 0.0420. The van der Waals surface area contributed by atoms with Crippen LogP contribution in [-0.2, 0) is 0 Å². The quantitative estimate of drug-likeness (QED) is 0.459. The molecule has 1 aliphatic heterocycles. The average molecular weight is 404 g/mol. The number of anilines is 1. The molecule has 1 aliphatic rings. The lowest BCUT2D eigenvalue weighted by Crippen LogP contribution is -2.24. The van der Waals surface area contributed by atoms with E-state index in [4.69, 9.17) is 14.5 Å². The van der Waals surface area contributed by atoms with Gasteiger partial charge in [-0.15, -0.1) is 0 Å². The molecule has 0 saturated carbocycles. The summed E-state index contributed by atoms with van der Waals surface area (Å²) in [6, 6.07) is 14.1. The molecule has 0 amide bonds. The van der Waals surface area contributed by atoms with Crippen LogP contribution in [0.3, 0.4) is 0 Å². The second-order valence-corrected chi connectivity index (χ2v) is 7.06. The number of rotatable bonds is 5. The lowest BCUT2D eigenvalue weighted by molar-refractivity contribution is -0.384. The largest absolute Gasteiger partial charge is 0.497 e. The first kappa shape index (κ1) is 19.5. The number of pyridine rings is 1. The van der Waals surface area contributed by atoms with Gasteiger partial charge in [0.2, 0.25) is 0 Å². The molecular weight excluding hydrogens is 384 g/mol. The van der Waals surface area contributed by atoms with Crippen molar-refractivity contribution in [2.75, 3.05) is 25.7 Å². The van der Waals surface area contributed by atoms with Crippen molar-refractivity contribution in [2.45, 2.75) is 18.9 Å². The molecule has 30 heavy (non-hydrogen) atoms. The Hall–Kier alpha value is -3.86. The van der Waals surface area contributed by atoms with Crippen LogP contribution < -0.4 is 14.4 Å². The number of hydrogen-bond acceptors (Lipinski definition) is 7. The first-order valence-electron chi connectivity index (χ1n) is 9.53. The summed E-state index contributed by atoms with van der Waals surface area (Å²) in [5.74, 6) is 2.13.